The van der Waals surface area contributed by atoms with Crippen molar-refractivity contribution in [3.63, 3.8) is 0 Å². The first kappa shape index (κ1) is 19.0. The van der Waals surface area contributed by atoms with Gasteiger partial charge in [-0.3, -0.25) is 4.79 Å². The summed E-state index contributed by atoms with van der Waals surface area (Å²) >= 11 is 0. The number of amides is 1. The first-order chi connectivity index (χ1) is 13.7. The Labute approximate surface area is 161 Å². The van der Waals surface area contributed by atoms with E-state index in [0.29, 0.717) is 23.7 Å². The molecule has 0 radical (unpaired) electrons. The number of esters is 1. The first-order valence-corrected chi connectivity index (χ1v) is 8.58. The fourth-order valence-corrected chi connectivity index (χ4v) is 2.45. The fraction of sp³-hybridized carbons (Fsp3) is 0.250. The van der Waals surface area contributed by atoms with Crippen molar-refractivity contribution in [3.8, 4) is 23.3 Å². The van der Waals surface area contributed by atoms with Crippen LogP contribution in [0, 0.1) is 11.3 Å². The van der Waals surface area contributed by atoms with Gasteiger partial charge in [0.25, 0.3) is 5.91 Å². The van der Waals surface area contributed by atoms with E-state index < -0.39 is 25.1 Å². The molecule has 0 bridgehead atoms. The maximum Gasteiger partial charge on any atom is 0.344 e. The van der Waals surface area contributed by atoms with Gasteiger partial charge in [0.1, 0.15) is 24.5 Å². The minimum absolute atomic E-state index is 0.219. The summed E-state index contributed by atoms with van der Waals surface area (Å²) in [6, 6.07) is 15.8. The number of benzene rings is 2. The predicted molar refractivity (Wildman–Crippen MR) is 97.0 cm³/mol. The van der Waals surface area contributed by atoms with E-state index >= 15 is 0 Å². The molecule has 0 fully saturated rings. The minimum atomic E-state index is -0.714. The second-order valence-electron chi connectivity index (χ2n) is 5.86. The van der Waals surface area contributed by atoms with Crippen LogP contribution in [0.25, 0.3) is 0 Å². The Kier molecular flexibility index (Phi) is 6.31. The van der Waals surface area contributed by atoms with Crippen LogP contribution in [0.1, 0.15) is 5.56 Å². The molecule has 1 aliphatic rings. The number of carbonyl (C=O) groups excluding carboxylic acids is 2. The van der Waals surface area contributed by atoms with Gasteiger partial charge in [0.15, 0.2) is 24.7 Å². The summed E-state index contributed by atoms with van der Waals surface area (Å²) < 4.78 is 21.4. The van der Waals surface area contributed by atoms with Crippen LogP contribution in [0.4, 0.5) is 0 Å². The maximum absolute atomic E-state index is 11.8. The summed E-state index contributed by atoms with van der Waals surface area (Å²) in [5, 5.41) is 11.6. The van der Waals surface area contributed by atoms with Crippen molar-refractivity contribution in [3.05, 3.63) is 54.1 Å². The zero-order valence-corrected chi connectivity index (χ0v) is 14.9. The molecule has 1 aliphatic heterocycles. The standard InChI is InChI=1S/C20H18N2O6/c21-9-14-5-1-2-6-16(14)26-13-20(24)27-12-19(23)22-10-15-11-25-17-7-3-4-8-18(17)28-15/h1-8,15H,10-13H2,(H,22,23)/t15-/m1/s1. The summed E-state index contributed by atoms with van der Waals surface area (Å²) in [6.45, 7) is -0.311. The number of nitrogens with one attached hydrogen (secondary N) is 1. The van der Waals surface area contributed by atoms with E-state index in [0.717, 1.165) is 0 Å². The Morgan fingerprint density at radius 3 is 2.68 bits per heavy atom. The average Bonchev–Trinajstić information content (AvgIpc) is 2.74. The van der Waals surface area contributed by atoms with Crippen LogP contribution >= 0.6 is 0 Å². The molecule has 2 aromatic carbocycles. The molecule has 8 heteroatoms. The van der Waals surface area contributed by atoms with Gasteiger partial charge in [-0.25, -0.2) is 4.79 Å². The van der Waals surface area contributed by atoms with E-state index in [9.17, 15) is 9.59 Å². The van der Waals surface area contributed by atoms with Crippen molar-refractivity contribution in [2.45, 2.75) is 6.10 Å². The topological polar surface area (TPSA) is 107 Å². The van der Waals surface area contributed by atoms with Crippen molar-refractivity contribution in [2.24, 2.45) is 0 Å². The summed E-state index contributed by atoms with van der Waals surface area (Å²) in [5.74, 6) is 0.384. The molecule has 28 heavy (non-hydrogen) atoms. The lowest BCUT2D eigenvalue weighted by molar-refractivity contribution is -0.150. The molecule has 2 aromatic rings. The molecule has 1 atom stereocenters. The number of hydrogen-bond donors (Lipinski definition) is 1. The zero-order chi connectivity index (χ0) is 19.8. The normalized spacial score (nSPS) is 14.5. The van der Waals surface area contributed by atoms with E-state index in [2.05, 4.69) is 5.32 Å². The number of hydrogen-bond acceptors (Lipinski definition) is 7. The monoisotopic (exact) mass is 382 g/mol. The number of nitriles is 1. The van der Waals surface area contributed by atoms with Crippen LogP contribution < -0.4 is 19.5 Å². The van der Waals surface area contributed by atoms with Gasteiger partial charge in [0.2, 0.25) is 0 Å². The second-order valence-corrected chi connectivity index (χ2v) is 5.86. The van der Waals surface area contributed by atoms with E-state index in [1.165, 1.54) is 0 Å². The Morgan fingerprint density at radius 2 is 1.86 bits per heavy atom. The fourth-order valence-electron chi connectivity index (χ4n) is 2.45. The van der Waals surface area contributed by atoms with Gasteiger partial charge in [0, 0.05) is 0 Å². The van der Waals surface area contributed by atoms with Gasteiger partial charge < -0.3 is 24.3 Å². The number of nitrogens with zero attached hydrogens (tertiary/aromatic N) is 1. The molecule has 144 valence electrons. The van der Waals surface area contributed by atoms with Crippen LogP contribution in [-0.4, -0.2) is 44.3 Å². The van der Waals surface area contributed by atoms with Crippen LogP contribution in [0.3, 0.4) is 0 Å². The molecule has 3 rings (SSSR count). The molecule has 1 amide bonds. The van der Waals surface area contributed by atoms with E-state index in [-0.39, 0.29) is 18.4 Å². The SMILES string of the molecule is N#Cc1ccccc1OCC(=O)OCC(=O)NC[C@@H]1COc2ccccc2O1. The van der Waals surface area contributed by atoms with Crippen molar-refractivity contribution in [2.75, 3.05) is 26.4 Å². The van der Waals surface area contributed by atoms with Gasteiger partial charge in [0.05, 0.1) is 12.1 Å². The molecule has 1 heterocycles. The molecule has 8 nitrogen and oxygen atoms in total. The summed E-state index contributed by atoms with van der Waals surface area (Å²) in [7, 11) is 0. The van der Waals surface area contributed by atoms with E-state index in [1.54, 1.807) is 36.4 Å². The Bertz CT molecular complexity index is 892. The highest BCUT2D eigenvalue weighted by Crippen LogP contribution is 2.30. The van der Waals surface area contributed by atoms with Gasteiger partial charge >= 0.3 is 5.97 Å². The number of fused-ring (bicyclic) bond motifs is 1. The van der Waals surface area contributed by atoms with Crippen LogP contribution in [0.5, 0.6) is 17.2 Å². The lowest BCUT2D eigenvalue weighted by atomic mass is 10.2. The number of rotatable bonds is 7. The largest absolute Gasteiger partial charge is 0.486 e. The van der Waals surface area contributed by atoms with Gasteiger partial charge in [-0.05, 0) is 24.3 Å². The number of carbonyl (C=O) groups is 2. The third-order valence-corrected chi connectivity index (χ3v) is 3.81. The van der Waals surface area contributed by atoms with Gasteiger partial charge in [-0.2, -0.15) is 5.26 Å². The Hall–Kier alpha value is -3.73. The smallest absolute Gasteiger partial charge is 0.344 e. The van der Waals surface area contributed by atoms with E-state index in [4.69, 9.17) is 24.2 Å². The number of ether oxygens (including phenoxy) is 4. The highest BCUT2D eigenvalue weighted by molar-refractivity contribution is 5.80. The van der Waals surface area contributed by atoms with Crippen LogP contribution in [0.2, 0.25) is 0 Å². The molecule has 1 N–H and O–H groups in total. The third kappa shape index (κ3) is 5.14. The molecular formula is C20H18N2O6. The predicted octanol–water partition coefficient (Wildman–Crippen LogP) is 1.44. The lowest BCUT2D eigenvalue weighted by Crippen LogP contribution is -2.42. The van der Waals surface area contributed by atoms with Crippen molar-refractivity contribution in [1.82, 2.24) is 5.32 Å². The highest BCUT2D eigenvalue weighted by atomic mass is 16.6. The molecule has 0 saturated carbocycles. The highest BCUT2D eigenvalue weighted by Gasteiger charge is 2.21. The zero-order valence-electron chi connectivity index (χ0n) is 14.9. The molecule has 0 aliphatic carbocycles. The average molecular weight is 382 g/mol. The molecule has 0 aromatic heterocycles. The van der Waals surface area contributed by atoms with Crippen LogP contribution in [-0.2, 0) is 14.3 Å². The second kappa shape index (κ2) is 9.28. The van der Waals surface area contributed by atoms with Crippen molar-refractivity contribution < 1.29 is 28.5 Å². The summed E-state index contributed by atoms with van der Waals surface area (Å²) in [6.07, 6.45) is -0.333. The molecular weight excluding hydrogens is 364 g/mol. The van der Waals surface area contributed by atoms with Gasteiger partial charge in [-0.1, -0.05) is 24.3 Å². The van der Waals surface area contributed by atoms with Crippen molar-refractivity contribution in [1.29, 1.82) is 5.26 Å². The minimum Gasteiger partial charge on any atom is -0.486 e. The quantitative estimate of drug-likeness (QED) is 0.722. The third-order valence-electron chi connectivity index (χ3n) is 3.81. The van der Waals surface area contributed by atoms with Gasteiger partial charge in [-0.15, -0.1) is 0 Å². The van der Waals surface area contributed by atoms with Crippen LogP contribution in [0.15, 0.2) is 48.5 Å². The maximum atomic E-state index is 11.8. The molecule has 0 unspecified atom stereocenters. The number of para-hydroxylation sites is 3. The lowest BCUT2D eigenvalue weighted by Gasteiger charge is -2.26. The van der Waals surface area contributed by atoms with Crippen molar-refractivity contribution >= 4 is 11.9 Å². The Morgan fingerprint density at radius 1 is 1.11 bits per heavy atom. The first-order valence-electron chi connectivity index (χ1n) is 8.58. The summed E-state index contributed by atoms with van der Waals surface area (Å²) in [4.78, 5) is 23.6. The Balaban J connectivity index is 1.35. The molecule has 0 saturated heterocycles. The molecule has 0 spiro atoms. The summed E-state index contributed by atoms with van der Waals surface area (Å²) in [5.41, 5.74) is 0.310. The van der Waals surface area contributed by atoms with E-state index in [1.807, 2.05) is 18.2 Å².